The summed E-state index contributed by atoms with van der Waals surface area (Å²) < 4.78 is 21.8. The first kappa shape index (κ1) is 25.1. The normalized spacial score (nSPS) is 15.0. The fourth-order valence-electron chi connectivity index (χ4n) is 3.94. The van der Waals surface area contributed by atoms with E-state index < -0.39 is 5.91 Å². The third-order valence-electron chi connectivity index (χ3n) is 5.81. The van der Waals surface area contributed by atoms with Gasteiger partial charge in [0.15, 0.2) is 18.1 Å². The minimum Gasteiger partial charge on any atom is -0.494 e. The van der Waals surface area contributed by atoms with E-state index in [9.17, 15) is 9.59 Å². The molecule has 1 aliphatic heterocycles. The molecule has 2 aromatic rings. The van der Waals surface area contributed by atoms with Gasteiger partial charge in [-0.3, -0.25) is 9.59 Å². The van der Waals surface area contributed by atoms with Crippen molar-refractivity contribution >= 4 is 17.9 Å². The summed E-state index contributed by atoms with van der Waals surface area (Å²) in [7, 11) is 1.50. The molecule has 1 saturated heterocycles. The van der Waals surface area contributed by atoms with Crippen LogP contribution in [-0.2, 0) is 19.7 Å². The van der Waals surface area contributed by atoms with Gasteiger partial charge in [-0.1, -0.05) is 18.2 Å². The number of nitrogens with two attached hydrogens (primary N) is 1. The lowest BCUT2D eigenvalue weighted by atomic mass is 9.74. The number of hydrogen-bond donors (Lipinski definition) is 2. The number of nitrogens with one attached hydrogen (secondary N) is 1. The van der Waals surface area contributed by atoms with Crippen molar-refractivity contribution in [1.29, 1.82) is 0 Å². The van der Waals surface area contributed by atoms with Gasteiger partial charge in [0.05, 0.1) is 13.7 Å². The van der Waals surface area contributed by atoms with Crippen molar-refractivity contribution in [3.05, 3.63) is 59.7 Å². The average Bonchev–Trinajstić information content (AvgIpc) is 2.86. The summed E-state index contributed by atoms with van der Waals surface area (Å²) in [5.74, 6) is 0.919. The number of carbonyl (C=O) groups excluding carboxylic acids is 2. The third-order valence-corrected chi connectivity index (χ3v) is 5.81. The molecule has 1 fully saturated rings. The molecule has 0 spiro atoms. The van der Waals surface area contributed by atoms with Crippen molar-refractivity contribution in [3.63, 3.8) is 0 Å². The van der Waals surface area contributed by atoms with Gasteiger partial charge in [-0.05, 0) is 61.2 Å². The fraction of sp³-hybridized carbons (Fsp3) is 0.385. The molecule has 1 heterocycles. The minimum absolute atomic E-state index is 0.185. The molecule has 3 rings (SSSR count). The maximum atomic E-state index is 12.6. The Kier molecular flexibility index (Phi) is 8.93. The first-order chi connectivity index (χ1) is 16.5. The average molecular weight is 469 g/mol. The SMILES string of the molecule is CCOc1ccc(C2(CNC(=O)/C=C/c3ccc(OCC(N)=O)c(OC)c3)CCOCC2)cc1. The van der Waals surface area contributed by atoms with Gasteiger partial charge in [-0.15, -0.1) is 0 Å². The number of benzene rings is 2. The van der Waals surface area contributed by atoms with Crippen LogP contribution in [0.4, 0.5) is 0 Å². The van der Waals surface area contributed by atoms with E-state index >= 15 is 0 Å². The Labute approximate surface area is 200 Å². The predicted octanol–water partition coefficient (Wildman–Crippen LogP) is 2.84. The van der Waals surface area contributed by atoms with Gasteiger partial charge in [-0.25, -0.2) is 0 Å². The van der Waals surface area contributed by atoms with Crippen LogP contribution in [0.25, 0.3) is 6.08 Å². The van der Waals surface area contributed by atoms with Gasteiger partial charge < -0.3 is 30.0 Å². The molecule has 34 heavy (non-hydrogen) atoms. The molecule has 0 bridgehead atoms. The van der Waals surface area contributed by atoms with Crippen molar-refractivity contribution in [2.24, 2.45) is 5.73 Å². The molecule has 0 unspecified atom stereocenters. The summed E-state index contributed by atoms with van der Waals surface area (Å²) in [6, 6.07) is 13.3. The monoisotopic (exact) mass is 468 g/mol. The molecule has 0 aliphatic carbocycles. The molecule has 8 nitrogen and oxygen atoms in total. The Bertz CT molecular complexity index is 997. The van der Waals surface area contributed by atoms with Crippen LogP contribution in [-0.4, -0.2) is 51.9 Å². The van der Waals surface area contributed by atoms with E-state index in [1.165, 1.54) is 18.7 Å². The van der Waals surface area contributed by atoms with Crippen molar-refractivity contribution < 1.29 is 28.5 Å². The maximum Gasteiger partial charge on any atom is 0.255 e. The first-order valence-electron chi connectivity index (χ1n) is 11.3. The van der Waals surface area contributed by atoms with E-state index in [2.05, 4.69) is 17.4 Å². The standard InChI is InChI=1S/C26H32N2O6/c1-3-33-21-8-6-20(7-9-21)26(12-14-32-15-13-26)18-28-25(30)11-5-19-4-10-22(23(16-19)31-2)34-17-24(27)29/h4-11,16H,3,12-15,17-18H2,1-2H3,(H2,27,29)(H,28,30)/b11-5+. The topological polar surface area (TPSA) is 109 Å². The van der Waals surface area contributed by atoms with E-state index in [1.807, 2.05) is 19.1 Å². The quantitative estimate of drug-likeness (QED) is 0.491. The second-order valence-electron chi connectivity index (χ2n) is 8.07. The van der Waals surface area contributed by atoms with Crippen LogP contribution in [0.2, 0.25) is 0 Å². The van der Waals surface area contributed by atoms with Crippen LogP contribution < -0.4 is 25.3 Å². The Morgan fingerprint density at radius 2 is 1.82 bits per heavy atom. The summed E-state index contributed by atoms with van der Waals surface area (Å²) in [4.78, 5) is 23.5. The van der Waals surface area contributed by atoms with Crippen molar-refractivity contribution in [2.75, 3.05) is 40.1 Å². The lowest BCUT2D eigenvalue weighted by Crippen LogP contribution is -2.44. The number of hydrogen-bond acceptors (Lipinski definition) is 6. The molecule has 2 aromatic carbocycles. The Balaban J connectivity index is 1.65. The molecular formula is C26H32N2O6. The van der Waals surface area contributed by atoms with Crippen molar-refractivity contribution in [3.8, 4) is 17.2 Å². The maximum absolute atomic E-state index is 12.6. The van der Waals surface area contributed by atoms with Gasteiger partial charge >= 0.3 is 0 Å². The Morgan fingerprint density at radius 1 is 1.09 bits per heavy atom. The lowest BCUT2D eigenvalue weighted by molar-refractivity contribution is -0.120. The van der Waals surface area contributed by atoms with Crippen LogP contribution in [0, 0.1) is 0 Å². The van der Waals surface area contributed by atoms with Crippen LogP contribution in [0.5, 0.6) is 17.2 Å². The van der Waals surface area contributed by atoms with E-state index in [0.29, 0.717) is 37.9 Å². The van der Waals surface area contributed by atoms with Crippen LogP contribution >= 0.6 is 0 Å². The highest BCUT2D eigenvalue weighted by Gasteiger charge is 2.34. The zero-order valence-electron chi connectivity index (χ0n) is 19.7. The van der Waals surface area contributed by atoms with Gasteiger partial charge in [0.2, 0.25) is 5.91 Å². The van der Waals surface area contributed by atoms with Crippen molar-refractivity contribution in [1.82, 2.24) is 5.32 Å². The highest BCUT2D eigenvalue weighted by atomic mass is 16.5. The summed E-state index contributed by atoms with van der Waals surface area (Å²) >= 11 is 0. The summed E-state index contributed by atoms with van der Waals surface area (Å²) in [5, 5.41) is 3.05. The van der Waals surface area contributed by atoms with E-state index in [4.69, 9.17) is 24.7 Å². The minimum atomic E-state index is -0.574. The van der Waals surface area contributed by atoms with E-state index in [1.54, 1.807) is 24.3 Å². The molecule has 0 radical (unpaired) electrons. The van der Waals surface area contributed by atoms with Gasteiger partial charge in [-0.2, -0.15) is 0 Å². The molecule has 0 saturated carbocycles. The largest absolute Gasteiger partial charge is 0.494 e. The highest BCUT2D eigenvalue weighted by Crippen LogP contribution is 2.35. The van der Waals surface area contributed by atoms with Crippen molar-refractivity contribution in [2.45, 2.75) is 25.2 Å². The zero-order valence-corrected chi connectivity index (χ0v) is 19.7. The smallest absolute Gasteiger partial charge is 0.255 e. The predicted molar refractivity (Wildman–Crippen MR) is 129 cm³/mol. The molecule has 8 heteroatoms. The van der Waals surface area contributed by atoms with Gasteiger partial charge in [0, 0.05) is 31.2 Å². The number of carbonyl (C=O) groups is 2. The number of methoxy groups -OCH3 is 1. The number of ether oxygens (including phenoxy) is 4. The molecular weight excluding hydrogens is 436 g/mol. The second kappa shape index (κ2) is 12.1. The van der Waals surface area contributed by atoms with E-state index in [0.717, 1.165) is 24.2 Å². The summed E-state index contributed by atoms with van der Waals surface area (Å²) in [5.41, 5.74) is 6.85. The number of amides is 2. The highest BCUT2D eigenvalue weighted by molar-refractivity contribution is 5.91. The molecule has 0 aromatic heterocycles. The van der Waals surface area contributed by atoms with Gasteiger partial charge in [0.25, 0.3) is 5.91 Å². The molecule has 182 valence electrons. The van der Waals surface area contributed by atoms with Crippen LogP contribution in [0.15, 0.2) is 48.5 Å². The zero-order chi connectivity index (χ0) is 24.4. The number of primary amides is 1. The van der Waals surface area contributed by atoms with Crippen LogP contribution in [0.3, 0.4) is 0 Å². The Morgan fingerprint density at radius 3 is 2.47 bits per heavy atom. The fourth-order valence-corrected chi connectivity index (χ4v) is 3.94. The third kappa shape index (κ3) is 6.74. The Hall–Kier alpha value is -3.52. The van der Waals surface area contributed by atoms with Crippen LogP contribution in [0.1, 0.15) is 30.9 Å². The summed E-state index contributed by atoms with van der Waals surface area (Å²) in [6.07, 6.45) is 4.84. The van der Waals surface area contributed by atoms with E-state index in [-0.39, 0.29) is 17.9 Å². The number of rotatable bonds is 11. The molecule has 3 N–H and O–H groups in total. The van der Waals surface area contributed by atoms with Gasteiger partial charge in [0.1, 0.15) is 5.75 Å². The molecule has 0 atom stereocenters. The first-order valence-corrected chi connectivity index (χ1v) is 11.3. The lowest BCUT2D eigenvalue weighted by Gasteiger charge is -2.38. The molecule has 2 amide bonds. The second-order valence-corrected chi connectivity index (χ2v) is 8.07. The summed E-state index contributed by atoms with van der Waals surface area (Å²) in [6.45, 7) is 4.16. The molecule has 1 aliphatic rings.